The molecule has 0 bridgehead atoms. The van der Waals surface area contributed by atoms with Crippen LogP contribution in [0, 0.1) is 5.82 Å². The lowest BCUT2D eigenvalue weighted by Gasteiger charge is -2.13. The Hall–Kier alpha value is -3.19. The number of carbonyl (C=O) groups excluding carboxylic acids is 1. The van der Waals surface area contributed by atoms with Gasteiger partial charge in [0.15, 0.2) is 6.10 Å². The van der Waals surface area contributed by atoms with Gasteiger partial charge >= 0.3 is 0 Å². The lowest BCUT2D eigenvalue weighted by atomic mass is 10.1. The largest absolute Gasteiger partial charge is 0.397 e. The molecule has 27 heavy (non-hydrogen) atoms. The van der Waals surface area contributed by atoms with Gasteiger partial charge in [-0.15, -0.1) is 11.3 Å². The standard InChI is InChI=1S/C20H18FN3O2S/c1-2-23-26-19(13-7-9-14(21)10-8-13)17-11-12-18(27-17)20(25)24-16-6-4-3-5-15(16)22/h2-12,19H,22H2,1H3,(H,24,25). The molecule has 0 aliphatic heterocycles. The Morgan fingerprint density at radius 3 is 2.63 bits per heavy atom. The zero-order chi connectivity index (χ0) is 19.2. The predicted octanol–water partition coefficient (Wildman–Crippen LogP) is 4.83. The summed E-state index contributed by atoms with van der Waals surface area (Å²) < 4.78 is 13.2. The third-order valence-corrected chi connectivity index (χ3v) is 4.89. The van der Waals surface area contributed by atoms with Gasteiger partial charge in [0, 0.05) is 11.8 Å². The number of nitrogens with two attached hydrogens (primary N) is 1. The molecule has 1 unspecified atom stereocenters. The highest BCUT2D eigenvalue weighted by Gasteiger charge is 2.20. The minimum atomic E-state index is -0.532. The maximum atomic E-state index is 13.2. The van der Waals surface area contributed by atoms with Crippen molar-refractivity contribution in [1.29, 1.82) is 0 Å². The summed E-state index contributed by atoms with van der Waals surface area (Å²) in [4.78, 5) is 19.3. The van der Waals surface area contributed by atoms with Crippen molar-refractivity contribution in [2.45, 2.75) is 13.0 Å². The molecule has 5 nitrogen and oxygen atoms in total. The molecule has 138 valence electrons. The van der Waals surface area contributed by atoms with E-state index in [-0.39, 0.29) is 11.7 Å². The summed E-state index contributed by atoms with van der Waals surface area (Å²) in [6, 6.07) is 16.6. The van der Waals surface area contributed by atoms with Gasteiger partial charge in [-0.1, -0.05) is 29.4 Å². The number of hydrogen-bond acceptors (Lipinski definition) is 5. The molecule has 1 heterocycles. The summed E-state index contributed by atoms with van der Waals surface area (Å²) >= 11 is 1.28. The SMILES string of the molecule is CC=NOC(c1ccc(F)cc1)c1ccc(C(=O)Nc2ccccc2N)s1. The fourth-order valence-electron chi connectivity index (χ4n) is 2.45. The zero-order valence-corrected chi connectivity index (χ0v) is 15.4. The third-order valence-electron chi connectivity index (χ3n) is 3.76. The molecule has 1 aromatic heterocycles. The topological polar surface area (TPSA) is 76.7 Å². The highest BCUT2D eigenvalue weighted by Crippen LogP contribution is 2.32. The Balaban J connectivity index is 1.83. The van der Waals surface area contributed by atoms with Gasteiger partial charge in [0.1, 0.15) is 5.82 Å². The Morgan fingerprint density at radius 2 is 1.93 bits per heavy atom. The fraction of sp³-hybridized carbons (Fsp3) is 0.100. The van der Waals surface area contributed by atoms with Crippen LogP contribution < -0.4 is 11.1 Å². The van der Waals surface area contributed by atoms with Gasteiger partial charge in [0.2, 0.25) is 0 Å². The number of oxime groups is 1. The molecule has 0 radical (unpaired) electrons. The van der Waals surface area contributed by atoms with E-state index in [0.29, 0.717) is 16.3 Å². The van der Waals surface area contributed by atoms with Crippen LogP contribution in [0.1, 0.15) is 33.1 Å². The van der Waals surface area contributed by atoms with Gasteiger partial charge in [0.25, 0.3) is 5.91 Å². The molecule has 7 heteroatoms. The number of nitrogen functional groups attached to an aromatic ring is 1. The number of anilines is 2. The lowest BCUT2D eigenvalue weighted by Crippen LogP contribution is -2.11. The number of halogens is 1. The van der Waals surface area contributed by atoms with Crippen LogP contribution in [0.3, 0.4) is 0 Å². The molecular weight excluding hydrogens is 365 g/mol. The van der Waals surface area contributed by atoms with E-state index < -0.39 is 6.10 Å². The highest BCUT2D eigenvalue weighted by molar-refractivity contribution is 7.14. The first kappa shape index (κ1) is 18.6. The van der Waals surface area contributed by atoms with Gasteiger partial charge in [0.05, 0.1) is 21.1 Å². The second-order valence-electron chi connectivity index (χ2n) is 5.64. The van der Waals surface area contributed by atoms with Crippen molar-refractivity contribution in [3.63, 3.8) is 0 Å². The Labute approximate surface area is 160 Å². The summed E-state index contributed by atoms with van der Waals surface area (Å²) in [6.45, 7) is 1.74. The number of nitrogens with zero attached hydrogens (tertiary/aromatic N) is 1. The van der Waals surface area contributed by atoms with Crippen LogP contribution in [0.25, 0.3) is 0 Å². The van der Waals surface area contributed by atoms with Crippen molar-refractivity contribution in [2.24, 2.45) is 5.16 Å². The lowest BCUT2D eigenvalue weighted by molar-refractivity contribution is 0.0909. The van der Waals surface area contributed by atoms with E-state index >= 15 is 0 Å². The fourth-order valence-corrected chi connectivity index (χ4v) is 3.40. The molecule has 0 spiro atoms. The van der Waals surface area contributed by atoms with E-state index in [4.69, 9.17) is 10.6 Å². The maximum Gasteiger partial charge on any atom is 0.265 e. The highest BCUT2D eigenvalue weighted by atomic mass is 32.1. The minimum Gasteiger partial charge on any atom is -0.397 e. The average molecular weight is 383 g/mol. The van der Waals surface area contributed by atoms with Crippen molar-refractivity contribution in [3.05, 3.63) is 81.8 Å². The first-order valence-corrected chi connectivity index (χ1v) is 9.05. The van der Waals surface area contributed by atoms with Crippen LogP contribution in [-0.4, -0.2) is 12.1 Å². The molecule has 1 atom stereocenters. The number of hydrogen-bond donors (Lipinski definition) is 2. The number of benzene rings is 2. The molecular formula is C20H18FN3O2S. The zero-order valence-electron chi connectivity index (χ0n) is 14.6. The molecule has 0 saturated heterocycles. The smallest absolute Gasteiger partial charge is 0.265 e. The second kappa shape index (κ2) is 8.46. The molecule has 0 aliphatic carbocycles. The van der Waals surface area contributed by atoms with E-state index in [1.54, 1.807) is 55.5 Å². The number of para-hydroxylation sites is 2. The van der Waals surface area contributed by atoms with E-state index in [1.807, 2.05) is 0 Å². The number of thiophene rings is 1. The first-order chi connectivity index (χ1) is 13.1. The van der Waals surface area contributed by atoms with Crippen LogP contribution in [-0.2, 0) is 4.84 Å². The van der Waals surface area contributed by atoms with Gasteiger partial charge in [-0.2, -0.15) is 0 Å². The molecule has 0 fully saturated rings. The van der Waals surface area contributed by atoms with Gasteiger partial charge in [-0.05, 0) is 43.3 Å². The molecule has 2 aromatic carbocycles. The minimum absolute atomic E-state index is 0.263. The Morgan fingerprint density at radius 1 is 1.19 bits per heavy atom. The monoisotopic (exact) mass is 383 g/mol. The number of carbonyl (C=O) groups is 1. The van der Waals surface area contributed by atoms with Gasteiger partial charge < -0.3 is 15.9 Å². The van der Waals surface area contributed by atoms with Crippen LogP contribution in [0.4, 0.5) is 15.8 Å². The second-order valence-corrected chi connectivity index (χ2v) is 6.76. The molecule has 0 saturated carbocycles. The molecule has 0 aliphatic rings. The number of nitrogens with one attached hydrogen (secondary N) is 1. The normalized spacial score (nSPS) is 12.1. The van der Waals surface area contributed by atoms with E-state index in [0.717, 1.165) is 10.4 Å². The summed E-state index contributed by atoms with van der Waals surface area (Å²) in [5.74, 6) is -0.593. The maximum absolute atomic E-state index is 13.2. The number of amides is 1. The van der Waals surface area contributed by atoms with E-state index in [9.17, 15) is 9.18 Å². The summed E-state index contributed by atoms with van der Waals surface area (Å²) in [5, 5.41) is 6.65. The summed E-state index contributed by atoms with van der Waals surface area (Å²) in [5.41, 5.74) is 7.65. The van der Waals surface area contributed by atoms with E-state index in [2.05, 4.69) is 10.5 Å². The summed E-state index contributed by atoms with van der Waals surface area (Å²) in [7, 11) is 0. The van der Waals surface area contributed by atoms with Crippen molar-refractivity contribution in [2.75, 3.05) is 11.1 Å². The molecule has 3 aromatic rings. The van der Waals surface area contributed by atoms with Crippen molar-refractivity contribution in [1.82, 2.24) is 0 Å². The van der Waals surface area contributed by atoms with Gasteiger partial charge in [-0.3, -0.25) is 4.79 Å². The van der Waals surface area contributed by atoms with Gasteiger partial charge in [-0.25, -0.2) is 4.39 Å². The quantitative estimate of drug-likeness (QED) is 0.363. The predicted molar refractivity (Wildman–Crippen MR) is 107 cm³/mol. The van der Waals surface area contributed by atoms with Crippen LogP contribution in [0.15, 0.2) is 65.8 Å². The Kier molecular flexibility index (Phi) is 5.83. The molecule has 3 rings (SSSR count). The molecule has 1 amide bonds. The van der Waals surface area contributed by atoms with Crippen molar-refractivity contribution >= 4 is 34.8 Å². The van der Waals surface area contributed by atoms with Crippen molar-refractivity contribution in [3.8, 4) is 0 Å². The number of rotatable bonds is 6. The van der Waals surface area contributed by atoms with Crippen LogP contribution >= 0.6 is 11.3 Å². The summed E-state index contributed by atoms with van der Waals surface area (Å²) in [6.07, 6.45) is 0.991. The van der Waals surface area contributed by atoms with E-state index in [1.165, 1.54) is 29.7 Å². The average Bonchev–Trinajstić information content (AvgIpc) is 3.15. The van der Waals surface area contributed by atoms with Crippen LogP contribution in [0.2, 0.25) is 0 Å². The molecule has 3 N–H and O–H groups in total. The first-order valence-electron chi connectivity index (χ1n) is 8.23. The van der Waals surface area contributed by atoms with Crippen LogP contribution in [0.5, 0.6) is 0 Å². The third kappa shape index (κ3) is 4.51. The van der Waals surface area contributed by atoms with Crippen molar-refractivity contribution < 1.29 is 14.0 Å². The Bertz CT molecular complexity index is 954.